The number of amides is 1. The van der Waals surface area contributed by atoms with E-state index in [1.807, 2.05) is 74.5 Å². The molecule has 4 rings (SSSR count). The summed E-state index contributed by atoms with van der Waals surface area (Å²) in [5.41, 5.74) is 0.363. The maximum atomic E-state index is 13.1. The predicted octanol–water partition coefficient (Wildman–Crippen LogP) is 4.80. The molecule has 1 amide bonds. The highest BCUT2D eigenvalue weighted by atomic mass is 16.6. The highest BCUT2D eigenvalue weighted by Gasteiger charge is 2.66. The molecule has 1 fully saturated rings. The molecule has 0 N–H and O–H groups in total. The van der Waals surface area contributed by atoms with Crippen molar-refractivity contribution in [2.45, 2.75) is 50.8 Å². The van der Waals surface area contributed by atoms with Crippen LogP contribution in [0.5, 0.6) is 5.75 Å². The fourth-order valence-electron chi connectivity index (χ4n) is 4.91. The van der Waals surface area contributed by atoms with Crippen LogP contribution >= 0.6 is 0 Å². The Balaban J connectivity index is 1.83. The van der Waals surface area contributed by atoms with Gasteiger partial charge in [0.2, 0.25) is 0 Å². The molecule has 31 heavy (non-hydrogen) atoms. The van der Waals surface area contributed by atoms with Gasteiger partial charge in [0, 0.05) is 13.5 Å². The van der Waals surface area contributed by atoms with E-state index in [4.69, 9.17) is 14.2 Å². The summed E-state index contributed by atoms with van der Waals surface area (Å²) < 4.78 is 16.9. The number of benzene rings is 2. The Morgan fingerprint density at radius 1 is 1.13 bits per heavy atom. The Hall–Kier alpha value is -3.28. The van der Waals surface area contributed by atoms with Crippen molar-refractivity contribution in [1.29, 1.82) is 0 Å². The fourth-order valence-corrected chi connectivity index (χ4v) is 4.91. The molecule has 0 radical (unpaired) electrons. The summed E-state index contributed by atoms with van der Waals surface area (Å²) in [7, 11) is 1.62. The number of esters is 1. The van der Waals surface area contributed by atoms with E-state index in [0.717, 1.165) is 16.9 Å². The van der Waals surface area contributed by atoms with Crippen LogP contribution in [-0.4, -0.2) is 35.2 Å². The zero-order valence-electron chi connectivity index (χ0n) is 18.3. The fraction of sp³-hybridized carbons (Fsp3) is 0.360. The highest BCUT2D eigenvalue weighted by molar-refractivity contribution is 5.75. The SMILES string of the molecule is COc1ccc([C@H]2C(OC(C)=O)=CC[C@@]23N(Cc2ccccc2)C(=O)OC3(C)C)cc1. The van der Waals surface area contributed by atoms with Crippen LogP contribution < -0.4 is 4.74 Å². The molecular formula is C25H27NO5. The van der Waals surface area contributed by atoms with E-state index in [9.17, 15) is 9.59 Å². The van der Waals surface area contributed by atoms with Gasteiger partial charge in [-0.15, -0.1) is 0 Å². The van der Waals surface area contributed by atoms with Crippen LogP contribution in [-0.2, 0) is 20.8 Å². The van der Waals surface area contributed by atoms with Gasteiger partial charge in [-0.05, 0) is 49.6 Å². The van der Waals surface area contributed by atoms with E-state index in [-0.39, 0.29) is 18.0 Å². The van der Waals surface area contributed by atoms with Gasteiger partial charge in [-0.2, -0.15) is 0 Å². The van der Waals surface area contributed by atoms with Crippen molar-refractivity contribution in [2.75, 3.05) is 7.11 Å². The predicted molar refractivity (Wildman–Crippen MR) is 115 cm³/mol. The standard InChI is InChI=1S/C25H27NO5/c1-17(27)30-21-14-15-25(22(21)19-10-12-20(29-4)13-11-19)24(2,3)31-23(28)26(25)16-18-8-6-5-7-9-18/h5-14,22H,15-16H2,1-4H3/t22-,25+/m0/s1. The quantitative estimate of drug-likeness (QED) is 0.649. The van der Waals surface area contributed by atoms with Crippen molar-refractivity contribution >= 4 is 12.1 Å². The second-order valence-corrected chi connectivity index (χ2v) is 8.48. The van der Waals surface area contributed by atoms with Gasteiger partial charge in [0.25, 0.3) is 0 Å². The van der Waals surface area contributed by atoms with Gasteiger partial charge in [-0.1, -0.05) is 42.5 Å². The zero-order valence-corrected chi connectivity index (χ0v) is 18.3. The first-order valence-electron chi connectivity index (χ1n) is 10.4. The number of carbonyl (C=O) groups is 2. The van der Waals surface area contributed by atoms with Gasteiger partial charge in [0.05, 0.1) is 13.0 Å². The molecule has 2 atom stereocenters. The molecule has 1 saturated heterocycles. The van der Waals surface area contributed by atoms with Crippen LogP contribution in [0, 0.1) is 0 Å². The average molecular weight is 421 g/mol. The second-order valence-electron chi connectivity index (χ2n) is 8.48. The molecule has 1 heterocycles. The molecule has 2 aliphatic rings. The molecule has 6 heteroatoms. The third-order valence-electron chi connectivity index (χ3n) is 6.36. The van der Waals surface area contributed by atoms with Crippen LogP contribution in [0.4, 0.5) is 4.79 Å². The van der Waals surface area contributed by atoms with Crippen LogP contribution in [0.25, 0.3) is 0 Å². The van der Waals surface area contributed by atoms with E-state index in [1.165, 1.54) is 6.92 Å². The largest absolute Gasteiger partial charge is 0.497 e. The molecule has 0 aromatic heterocycles. The van der Waals surface area contributed by atoms with Gasteiger partial charge in [-0.3, -0.25) is 9.69 Å². The second kappa shape index (κ2) is 7.76. The Labute approximate surface area is 182 Å². The molecular weight excluding hydrogens is 394 g/mol. The normalized spacial score (nSPS) is 24.1. The summed E-state index contributed by atoms with van der Waals surface area (Å²) in [6, 6.07) is 17.5. The van der Waals surface area contributed by atoms with Crippen molar-refractivity contribution < 1.29 is 23.8 Å². The number of carbonyl (C=O) groups excluding carboxylic acids is 2. The van der Waals surface area contributed by atoms with Crippen LogP contribution in [0.3, 0.4) is 0 Å². The lowest BCUT2D eigenvalue weighted by molar-refractivity contribution is -0.137. The maximum Gasteiger partial charge on any atom is 0.411 e. The Bertz CT molecular complexity index is 1010. The van der Waals surface area contributed by atoms with E-state index in [0.29, 0.717) is 18.7 Å². The minimum atomic E-state index is -0.818. The molecule has 0 saturated carbocycles. The summed E-state index contributed by atoms with van der Waals surface area (Å²) in [5.74, 6) is 0.516. The Kier molecular flexibility index (Phi) is 5.25. The molecule has 6 nitrogen and oxygen atoms in total. The lowest BCUT2D eigenvalue weighted by Crippen LogP contribution is -2.58. The maximum absolute atomic E-state index is 13.1. The van der Waals surface area contributed by atoms with Gasteiger partial charge in [0.15, 0.2) is 0 Å². The Morgan fingerprint density at radius 3 is 2.42 bits per heavy atom. The van der Waals surface area contributed by atoms with Crippen LogP contribution in [0.1, 0.15) is 44.2 Å². The topological polar surface area (TPSA) is 65.1 Å². The summed E-state index contributed by atoms with van der Waals surface area (Å²) in [6.45, 7) is 5.64. The molecule has 162 valence electrons. The van der Waals surface area contributed by atoms with E-state index < -0.39 is 11.1 Å². The van der Waals surface area contributed by atoms with Crippen LogP contribution in [0.2, 0.25) is 0 Å². The molecule has 1 spiro atoms. The van der Waals surface area contributed by atoms with Crippen molar-refractivity contribution in [3.8, 4) is 5.75 Å². The minimum Gasteiger partial charge on any atom is -0.497 e. The first kappa shape index (κ1) is 21.0. The van der Waals surface area contributed by atoms with E-state index >= 15 is 0 Å². The van der Waals surface area contributed by atoms with E-state index in [2.05, 4.69) is 0 Å². The zero-order chi connectivity index (χ0) is 22.2. The number of nitrogens with zero attached hydrogens (tertiary/aromatic N) is 1. The monoisotopic (exact) mass is 421 g/mol. The molecule has 0 bridgehead atoms. The number of cyclic esters (lactones) is 1. The first-order valence-corrected chi connectivity index (χ1v) is 10.4. The summed E-state index contributed by atoms with van der Waals surface area (Å²) in [5, 5.41) is 0. The van der Waals surface area contributed by atoms with Crippen LogP contribution in [0.15, 0.2) is 66.4 Å². The molecule has 1 aliphatic heterocycles. The number of ether oxygens (including phenoxy) is 3. The lowest BCUT2D eigenvalue weighted by Gasteiger charge is -2.45. The van der Waals surface area contributed by atoms with Gasteiger partial charge in [-0.25, -0.2) is 4.79 Å². The number of methoxy groups -OCH3 is 1. The summed E-state index contributed by atoms with van der Waals surface area (Å²) in [4.78, 5) is 26.8. The first-order chi connectivity index (χ1) is 14.8. The molecule has 0 unspecified atom stereocenters. The Morgan fingerprint density at radius 2 is 1.81 bits per heavy atom. The molecule has 2 aromatic carbocycles. The van der Waals surface area contributed by atoms with Crippen molar-refractivity contribution in [3.63, 3.8) is 0 Å². The number of rotatable bonds is 5. The van der Waals surface area contributed by atoms with Gasteiger partial charge in [0.1, 0.15) is 22.6 Å². The minimum absolute atomic E-state index is 0.368. The van der Waals surface area contributed by atoms with Crippen molar-refractivity contribution in [3.05, 3.63) is 77.6 Å². The summed E-state index contributed by atoms with van der Waals surface area (Å²) >= 11 is 0. The van der Waals surface area contributed by atoms with Crippen molar-refractivity contribution in [1.82, 2.24) is 4.90 Å². The molecule has 2 aromatic rings. The molecule has 1 aliphatic carbocycles. The third-order valence-corrected chi connectivity index (χ3v) is 6.36. The average Bonchev–Trinajstić information content (AvgIpc) is 3.20. The smallest absolute Gasteiger partial charge is 0.411 e. The number of hydrogen-bond donors (Lipinski definition) is 0. The van der Waals surface area contributed by atoms with E-state index in [1.54, 1.807) is 12.0 Å². The summed E-state index contributed by atoms with van der Waals surface area (Å²) in [6.07, 6.45) is 2.06. The van der Waals surface area contributed by atoms with Gasteiger partial charge < -0.3 is 14.2 Å². The highest BCUT2D eigenvalue weighted by Crippen LogP contribution is 2.57. The lowest BCUT2D eigenvalue weighted by atomic mass is 9.70. The van der Waals surface area contributed by atoms with Gasteiger partial charge >= 0.3 is 12.1 Å². The number of hydrogen-bond acceptors (Lipinski definition) is 5. The third kappa shape index (κ3) is 3.46. The van der Waals surface area contributed by atoms with Crippen molar-refractivity contribution in [2.24, 2.45) is 0 Å².